The number of esters is 1. The molecule has 0 aromatic heterocycles. The van der Waals surface area contributed by atoms with Crippen molar-refractivity contribution in [2.24, 2.45) is 29.6 Å². The molecule has 5 aliphatic heterocycles. The molecule has 0 spiro atoms. The minimum Gasteiger partial charge on any atom is -0.456 e. The second kappa shape index (κ2) is 24.1. The molecule has 14 atom stereocenters. The number of hydrogen-bond acceptors (Lipinski definition) is 15. The van der Waals surface area contributed by atoms with E-state index >= 15 is 0 Å². The van der Waals surface area contributed by atoms with Gasteiger partial charge in [-0.05, 0) is 102 Å². The Hall–Kier alpha value is -3.78. The number of aliphatic hydroxyl groups is 3. The van der Waals surface area contributed by atoms with Gasteiger partial charge in [0.15, 0.2) is 0 Å². The van der Waals surface area contributed by atoms with E-state index in [1.165, 1.54) is 19.1 Å². The lowest BCUT2D eigenvalue weighted by Crippen LogP contribution is -2.64. The van der Waals surface area contributed by atoms with Crippen LogP contribution in [-0.2, 0) is 52.4 Å². The first-order chi connectivity index (χ1) is 32.8. The maximum Gasteiger partial charge on any atom is 0.410 e. The molecule has 6 aliphatic rings. The average molecular weight is 974 g/mol. The molecule has 5 heterocycles. The smallest absolute Gasteiger partial charge is 0.410 e. The summed E-state index contributed by atoms with van der Waals surface area (Å²) in [5, 5.41) is 33.9. The van der Waals surface area contributed by atoms with Gasteiger partial charge in [0, 0.05) is 71.6 Å². The van der Waals surface area contributed by atoms with Gasteiger partial charge in [0.25, 0.3) is 11.7 Å². The lowest BCUT2D eigenvalue weighted by molar-refractivity contribution is -0.302. The van der Waals surface area contributed by atoms with Crippen LogP contribution in [0.2, 0.25) is 0 Å². The van der Waals surface area contributed by atoms with Gasteiger partial charge < -0.3 is 58.4 Å². The molecule has 0 unspecified atom stereocenters. The molecule has 6 rings (SSSR count). The fourth-order valence-electron chi connectivity index (χ4n) is 11.4. The second-order valence-corrected chi connectivity index (χ2v) is 21.0. The monoisotopic (exact) mass is 974 g/mol. The summed E-state index contributed by atoms with van der Waals surface area (Å²) in [4.78, 5) is 88.7. The quantitative estimate of drug-likeness (QED) is 0.178. The molecule has 0 radical (unpaired) electrons. The summed E-state index contributed by atoms with van der Waals surface area (Å²) < 4.78 is 36.1. The van der Waals surface area contributed by atoms with Crippen LogP contribution in [0.15, 0.2) is 23.3 Å². The largest absolute Gasteiger partial charge is 0.456 e. The fraction of sp³-hybridized carbons (Fsp3) is 0.804. The summed E-state index contributed by atoms with van der Waals surface area (Å²) >= 11 is 0. The van der Waals surface area contributed by atoms with Crippen LogP contribution in [0.25, 0.3) is 0 Å². The molecule has 1 saturated carbocycles. The topological polar surface area (TPSA) is 228 Å². The molecule has 3 amide bonds. The predicted molar refractivity (Wildman–Crippen MR) is 250 cm³/mol. The zero-order valence-corrected chi connectivity index (χ0v) is 42.0. The van der Waals surface area contributed by atoms with Crippen LogP contribution >= 0.6 is 0 Å². The molecule has 0 aromatic rings. The number of likely N-dealkylation sites (tertiary alicyclic amines) is 2. The first-order valence-electron chi connectivity index (χ1n) is 25.3. The molecule has 5 fully saturated rings. The van der Waals surface area contributed by atoms with Gasteiger partial charge in [-0.2, -0.15) is 0 Å². The molecule has 0 aromatic carbocycles. The summed E-state index contributed by atoms with van der Waals surface area (Å²) in [5.41, 5.74) is 1.42. The number of hydrogen-bond donors (Lipinski definition) is 3. The van der Waals surface area contributed by atoms with Crippen molar-refractivity contribution >= 4 is 35.4 Å². The lowest BCUT2D eigenvalue weighted by Gasteiger charge is -2.47. The number of Topliss-reactive ketones (excluding diaryl/α,β-unsaturated/α-hetero) is 2. The van der Waals surface area contributed by atoms with Crippen molar-refractivity contribution < 1.29 is 72.5 Å². The molecule has 2 bridgehead atoms. The third-order valence-electron chi connectivity index (χ3n) is 15.7. The van der Waals surface area contributed by atoms with E-state index in [-0.39, 0.29) is 68.8 Å². The van der Waals surface area contributed by atoms with Crippen molar-refractivity contribution in [1.29, 1.82) is 0 Å². The van der Waals surface area contributed by atoms with Crippen molar-refractivity contribution in [3.8, 4) is 0 Å². The number of carbonyl (C=O) groups is 6. The molecular weight excluding hydrogens is 895 g/mol. The lowest BCUT2D eigenvalue weighted by atomic mass is 9.81. The zero-order valence-electron chi connectivity index (χ0n) is 42.0. The van der Waals surface area contributed by atoms with Gasteiger partial charge in [-0.3, -0.25) is 19.2 Å². The molecule has 388 valence electrons. The summed E-state index contributed by atoms with van der Waals surface area (Å²) in [6.07, 6.45) is 2.14. The summed E-state index contributed by atoms with van der Waals surface area (Å²) in [5.74, 6) is -8.94. The molecule has 1 aliphatic carbocycles. The number of carbonyl (C=O) groups excluding carboxylic acids is 6. The third-order valence-corrected chi connectivity index (χ3v) is 15.7. The number of amides is 3. The van der Waals surface area contributed by atoms with Crippen molar-refractivity contribution in [3.63, 3.8) is 0 Å². The zero-order chi connectivity index (χ0) is 50.3. The number of methoxy groups -OCH3 is 3. The van der Waals surface area contributed by atoms with Crippen LogP contribution < -0.4 is 0 Å². The molecule has 18 heteroatoms. The number of rotatable bonds is 8. The molecule has 18 nitrogen and oxygen atoms in total. The van der Waals surface area contributed by atoms with Crippen molar-refractivity contribution in [1.82, 2.24) is 14.7 Å². The van der Waals surface area contributed by atoms with Crippen LogP contribution in [0, 0.1) is 29.6 Å². The van der Waals surface area contributed by atoms with E-state index in [2.05, 4.69) is 0 Å². The van der Waals surface area contributed by atoms with Gasteiger partial charge in [-0.25, -0.2) is 9.59 Å². The fourth-order valence-corrected chi connectivity index (χ4v) is 11.4. The number of allylic oxidation sites excluding steroid dienone is 3. The first kappa shape index (κ1) is 54.6. The van der Waals surface area contributed by atoms with Crippen LogP contribution in [0.3, 0.4) is 0 Å². The Balaban J connectivity index is 1.34. The number of ether oxygens (including phenoxy) is 6. The van der Waals surface area contributed by atoms with E-state index in [0.717, 1.165) is 23.3 Å². The van der Waals surface area contributed by atoms with Gasteiger partial charge in [0.1, 0.15) is 30.1 Å². The van der Waals surface area contributed by atoms with Gasteiger partial charge in [-0.1, -0.05) is 38.5 Å². The number of β-amino-alcohol motifs (C(OH)–C–C–N with tert-alkyl or cyclic N) is 1. The van der Waals surface area contributed by atoms with Gasteiger partial charge in [0.2, 0.25) is 11.7 Å². The van der Waals surface area contributed by atoms with Crippen LogP contribution in [0.1, 0.15) is 118 Å². The maximum atomic E-state index is 14.6. The minimum absolute atomic E-state index is 0.0394. The van der Waals surface area contributed by atoms with Gasteiger partial charge in [-0.15, -0.1) is 0 Å². The highest BCUT2D eigenvalue weighted by Gasteiger charge is 2.57. The summed E-state index contributed by atoms with van der Waals surface area (Å²) in [6.45, 7) is 10.7. The Labute approximate surface area is 407 Å². The Morgan fingerprint density at radius 1 is 0.826 bits per heavy atom. The number of fused-ring (bicyclic) bond motifs is 3. The normalized spacial score (nSPS) is 38.3. The number of ketones is 2. The SMILES string of the molecule is CO[C@H]1C[C@@H](C)C/C(C)=C/[C@@H](CC(=O)N2CCCC2)C(=O)C[C@H](O)[C@@H](C)[C@@H](/C(C)=C/[C@@H]2CC[C@@H](OC(=O)N3CC(O)C3)[C@H](OC)C2)OC(=O)[C@@H]2CCCCN2C(=O)C(=O)[C@]2(O)O[C@H]1[C@@H](OC)C[C@H]2C. The van der Waals surface area contributed by atoms with E-state index in [1.54, 1.807) is 32.8 Å². The van der Waals surface area contributed by atoms with E-state index in [0.29, 0.717) is 63.6 Å². The van der Waals surface area contributed by atoms with Crippen molar-refractivity contribution in [2.45, 2.75) is 179 Å². The van der Waals surface area contributed by atoms with Crippen LogP contribution in [0.4, 0.5) is 4.79 Å². The van der Waals surface area contributed by atoms with Gasteiger partial charge in [0.05, 0.1) is 43.6 Å². The highest BCUT2D eigenvalue weighted by Crippen LogP contribution is 2.40. The standard InChI is InChI=1S/C51H79N3O15/c1-29-19-30(2)21-42(65-7)46-43(66-8)23-32(4)51(63,69-46)47(59)48(60)54-18-10-9-13-37(54)49(61)68-45(33(5)38(56)26-39(57)35(20-29)25-44(58)52-16-11-12-17-52)31(3)22-34-14-15-40(41(24-34)64-6)67-50(62)53-27-36(55)28-53/h20,22,30,32-38,40-43,45-46,55-56,63H,9-19,21,23-28H2,1-8H3/b29-20+,31-22+/t30-,32+,33+,34-,35-,37-,38-,40+,41+,42-,43-,45+,46+,51+/m0/s1. The van der Waals surface area contributed by atoms with E-state index in [9.17, 15) is 44.1 Å². The summed E-state index contributed by atoms with van der Waals surface area (Å²) in [6, 6.07) is -1.22. The van der Waals surface area contributed by atoms with Crippen molar-refractivity contribution in [2.75, 3.05) is 54.1 Å². The number of cyclic esters (lactones) is 1. The number of piperidine rings is 1. The number of nitrogens with zero attached hydrogens (tertiary/aromatic N) is 3. The molecule has 69 heavy (non-hydrogen) atoms. The molecular formula is C51H79N3O15. The highest BCUT2D eigenvalue weighted by atomic mass is 16.7. The third kappa shape index (κ3) is 13.0. The van der Waals surface area contributed by atoms with E-state index in [1.807, 2.05) is 26.0 Å². The second-order valence-electron chi connectivity index (χ2n) is 21.0. The van der Waals surface area contributed by atoms with Gasteiger partial charge >= 0.3 is 12.1 Å². The highest BCUT2D eigenvalue weighted by molar-refractivity contribution is 6.39. The van der Waals surface area contributed by atoms with Crippen LogP contribution in [0.5, 0.6) is 0 Å². The molecule has 3 N–H and O–H groups in total. The van der Waals surface area contributed by atoms with Crippen LogP contribution in [-0.4, -0.2) is 180 Å². The summed E-state index contributed by atoms with van der Waals surface area (Å²) in [7, 11) is 4.56. The number of aliphatic hydroxyl groups excluding tert-OH is 2. The minimum atomic E-state index is -2.57. The first-order valence-corrected chi connectivity index (χ1v) is 25.3. The van der Waals surface area contributed by atoms with Crippen molar-refractivity contribution in [3.05, 3.63) is 23.3 Å². The Kier molecular flexibility index (Phi) is 19.0. The van der Waals surface area contributed by atoms with E-state index in [4.69, 9.17) is 28.4 Å². The Morgan fingerprint density at radius 2 is 1.48 bits per heavy atom. The van der Waals surface area contributed by atoms with E-state index < -0.39 is 102 Å². The Morgan fingerprint density at radius 3 is 2.13 bits per heavy atom. The predicted octanol–water partition coefficient (Wildman–Crippen LogP) is 3.90. The maximum absolute atomic E-state index is 14.6. The average Bonchev–Trinajstić information content (AvgIpc) is 3.87. The Bertz CT molecular complexity index is 1900. The molecule has 4 saturated heterocycles.